The van der Waals surface area contributed by atoms with Crippen molar-refractivity contribution in [2.75, 3.05) is 6.54 Å². The van der Waals surface area contributed by atoms with E-state index in [0.717, 1.165) is 45.1 Å². The summed E-state index contributed by atoms with van der Waals surface area (Å²) >= 11 is 0. The van der Waals surface area contributed by atoms with Crippen LogP contribution in [0, 0.1) is 0 Å². The van der Waals surface area contributed by atoms with Crippen molar-refractivity contribution in [3.8, 4) is 0 Å². The quantitative estimate of drug-likeness (QED) is 0.838. The Balaban J connectivity index is 2.02. The molecule has 1 aliphatic carbocycles. The first-order valence-corrected chi connectivity index (χ1v) is 6.92. The zero-order valence-electron chi connectivity index (χ0n) is 10.9. The van der Waals surface area contributed by atoms with Crippen molar-refractivity contribution in [3.63, 3.8) is 0 Å². The minimum Gasteiger partial charge on any atom is -0.386 e. The van der Waals surface area contributed by atoms with Gasteiger partial charge in [-0.15, -0.1) is 0 Å². The minimum atomic E-state index is -0.562. The zero-order valence-corrected chi connectivity index (χ0v) is 10.9. The molecule has 3 N–H and O–H groups in total. The molecule has 18 heavy (non-hydrogen) atoms. The van der Waals surface area contributed by atoms with Crippen LogP contribution in [0.3, 0.4) is 0 Å². The molecule has 0 bridgehead atoms. The Morgan fingerprint density at radius 3 is 2.78 bits per heavy atom. The fourth-order valence-electron chi connectivity index (χ4n) is 2.56. The SMILES string of the molecule is NCCCc1cccc(C=CC2(O)CCCC2)c1. The second-order valence-electron chi connectivity index (χ2n) is 5.28. The lowest BCUT2D eigenvalue weighted by Gasteiger charge is -2.16. The Bertz CT molecular complexity index is 405. The minimum absolute atomic E-state index is 0.562. The molecule has 1 fully saturated rings. The first kappa shape index (κ1) is 13.3. The van der Waals surface area contributed by atoms with Crippen molar-refractivity contribution in [1.29, 1.82) is 0 Å². The highest BCUT2D eigenvalue weighted by atomic mass is 16.3. The lowest BCUT2D eigenvalue weighted by Crippen LogP contribution is -2.19. The van der Waals surface area contributed by atoms with E-state index in [9.17, 15) is 5.11 Å². The summed E-state index contributed by atoms with van der Waals surface area (Å²) in [6.07, 6.45) is 10.2. The van der Waals surface area contributed by atoms with Gasteiger partial charge >= 0.3 is 0 Å². The van der Waals surface area contributed by atoms with Gasteiger partial charge in [-0.1, -0.05) is 49.3 Å². The average Bonchev–Trinajstić information content (AvgIpc) is 2.82. The largest absolute Gasteiger partial charge is 0.386 e. The van der Waals surface area contributed by atoms with E-state index in [1.165, 1.54) is 11.1 Å². The van der Waals surface area contributed by atoms with Crippen molar-refractivity contribution in [2.24, 2.45) is 5.73 Å². The van der Waals surface area contributed by atoms with E-state index in [1.54, 1.807) is 0 Å². The van der Waals surface area contributed by atoms with Gasteiger partial charge in [-0.05, 0) is 43.4 Å². The first-order valence-electron chi connectivity index (χ1n) is 6.92. The van der Waals surface area contributed by atoms with Crippen LogP contribution in [-0.4, -0.2) is 17.3 Å². The van der Waals surface area contributed by atoms with Crippen LogP contribution in [0.25, 0.3) is 6.08 Å². The number of benzene rings is 1. The monoisotopic (exact) mass is 245 g/mol. The standard InChI is InChI=1S/C16H23NO/c17-12-4-7-14-5-3-6-15(13-14)8-11-16(18)9-1-2-10-16/h3,5-6,8,11,13,18H,1-2,4,7,9-10,12,17H2. The normalized spacial score (nSPS) is 18.6. The Labute approximate surface area is 110 Å². The molecule has 98 valence electrons. The van der Waals surface area contributed by atoms with Gasteiger partial charge in [0.1, 0.15) is 0 Å². The molecule has 2 rings (SSSR count). The molecule has 1 aromatic carbocycles. The molecule has 0 heterocycles. The second-order valence-corrected chi connectivity index (χ2v) is 5.28. The van der Waals surface area contributed by atoms with Crippen LogP contribution in [-0.2, 0) is 6.42 Å². The fourth-order valence-corrected chi connectivity index (χ4v) is 2.56. The van der Waals surface area contributed by atoms with Crippen molar-refractivity contribution in [3.05, 3.63) is 41.5 Å². The summed E-state index contributed by atoms with van der Waals surface area (Å²) in [4.78, 5) is 0. The summed E-state index contributed by atoms with van der Waals surface area (Å²) in [7, 11) is 0. The van der Waals surface area contributed by atoms with Crippen LogP contribution >= 0.6 is 0 Å². The van der Waals surface area contributed by atoms with E-state index in [-0.39, 0.29) is 0 Å². The Morgan fingerprint density at radius 2 is 2.06 bits per heavy atom. The molecular weight excluding hydrogens is 222 g/mol. The second kappa shape index (κ2) is 6.17. The van der Waals surface area contributed by atoms with E-state index in [0.29, 0.717) is 0 Å². The third kappa shape index (κ3) is 3.69. The zero-order chi connectivity index (χ0) is 12.8. The van der Waals surface area contributed by atoms with Gasteiger partial charge in [-0.3, -0.25) is 0 Å². The van der Waals surface area contributed by atoms with E-state index < -0.39 is 5.60 Å². The summed E-state index contributed by atoms with van der Waals surface area (Å²) in [6.45, 7) is 0.736. The molecule has 0 spiro atoms. The average molecular weight is 245 g/mol. The molecule has 2 heteroatoms. The van der Waals surface area contributed by atoms with E-state index >= 15 is 0 Å². The predicted molar refractivity (Wildman–Crippen MR) is 76.3 cm³/mol. The molecule has 0 saturated heterocycles. The molecule has 0 aliphatic heterocycles. The summed E-state index contributed by atoms with van der Waals surface area (Å²) in [6, 6.07) is 8.48. The third-order valence-electron chi connectivity index (χ3n) is 3.68. The van der Waals surface area contributed by atoms with E-state index in [1.807, 2.05) is 6.08 Å². The number of aryl methyl sites for hydroxylation is 1. The van der Waals surface area contributed by atoms with Crippen LogP contribution < -0.4 is 5.73 Å². The van der Waals surface area contributed by atoms with Gasteiger partial charge in [-0.2, -0.15) is 0 Å². The lowest BCUT2D eigenvalue weighted by molar-refractivity contribution is 0.100. The highest BCUT2D eigenvalue weighted by molar-refractivity contribution is 5.51. The van der Waals surface area contributed by atoms with E-state index in [4.69, 9.17) is 5.73 Å². The third-order valence-corrected chi connectivity index (χ3v) is 3.68. The Morgan fingerprint density at radius 1 is 1.28 bits per heavy atom. The maximum absolute atomic E-state index is 10.3. The van der Waals surface area contributed by atoms with Crippen molar-refractivity contribution >= 4 is 6.08 Å². The van der Waals surface area contributed by atoms with Gasteiger partial charge in [0.2, 0.25) is 0 Å². The molecule has 1 saturated carbocycles. The van der Waals surface area contributed by atoms with Gasteiger partial charge in [0.05, 0.1) is 5.60 Å². The Hall–Kier alpha value is -1.12. The molecule has 0 amide bonds. The van der Waals surface area contributed by atoms with Crippen LogP contribution in [0.15, 0.2) is 30.3 Å². The maximum atomic E-state index is 10.3. The van der Waals surface area contributed by atoms with Gasteiger partial charge in [0.25, 0.3) is 0 Å². The van der Waals surface area contributed by atoms with Crippen molar-refractivity contribution in [1.82, 2.24) is 0 Å². The molecular formula is C16H23NO. The van der Waals surface area contributed by atoms with Crippen LogP contribution in [0.5, 0.6) is 0 Å². The molecule has 0 atom stereocenters. The molecule has 0 aromatic heterocycles. The van der Waals surface area contributed by atoms with Gasteiger partial charge in [0, 0.05) is 0 Å². The lowest BCUT2D eigenvalue weighted by atomic mass is 9.99. The molecule has 1 aliphatic rings. The van der Waals surface area contributed by atoms with Crippen LogP contribution in [0.2, 0.25) is 0 Å². The topological polar surface area (TPSA) is 46.2 Å². The highest BCUT2D eigenvalue weighted by Crippen LogP contribution is 2.31. The van der Waals surface area contributed by atoms with Gasteiger partial charge < -0.3 is 10.8 Å². The highest BCUT2D eigenvalue weighted by Gasteiger charge is 2.27. The summed E-state index contributed by atoms with van der Waals surface area (Å²) in [5, 5.41) is 10.3. The first-order chi connectivity index (χ1) is 8.72. The fraction of sp³-hybridized carbons (Fsp3) is 0.500. The summed E-state index contributed by atoms with van der Waals surface area (Å²) < 4.78 is 0. The van der Waals surface area contributed by atoms with Crippen LogP contribution in [0.1, 0.15) is 43.2 Å². The molecule has 0 unspecified atom stereocenters. The molecule has 1 aromatic rings. The molecule has 0 radical (unpaired) electrons. The van der Waals surface area contributed by atoms with Gasteiger partial charge in [0.15, 0.2) is 0 Å². The predicted octanol–water partition coefficient (Wildman–Crippen LogP) is 2.90. The van der Waals surface area contributed by atoms with Crippen LogP contribution in [0.4, 0.5) is 0 Å². The number of nitrogens with two attached hydrogens (primary N) is 1. The number of hydrogen-bond donors (Lipinski definition) is 2. The smallest absolute Gasteiger partial charge is 0.0830 e. The van der Waals surface area contributed by atoms with Gasteiger partial charge in [-0.25, -0.2) is 0 Å². The number of hydrogen-bond acceptors (Lipinski definition) is 2. The number of rotatable bonds is 5. The Kier molecular flexibility index (Phi) is 4.56. The van der Waals surface area contributed by atoms with Crippen molar-refractivity contribution < 1.29 is 5.11 Å². The number of aliphatic hydroxyl groups is 1. The maximum Gasteiger partial charge on any atom is 0.0830 e. The van der Waals surface area contributed by atoms with E-state index in [2.05, 4.69) is 30.3 Å². The summed E-state index contributed by atoms with van der Waals surface area (Å²) in [5.41, 5.74) is 7.46. The molecule has 2 nitrogen and oxygen atoms in total. The summed E-state index contributed by atoms with van der Waals surface area (Å²) in [5.74, 6) is 0. The van der Waals surface area contributed by atoms with Crippen molar-refractivity contribution in [2.45, 2.75) is 44.1 Å².